The molecule has 0 radical (unpaired) electrons. The second-order valence-electron chi connectivity index (χ2n) is 4.35. The van der Waals surface area contributed by atoms with Gasteiger partial charge in [-0.3, -0.25) is 0 Å². The number of ether oxygens (including phenoxy) is 1. The summed E-state index contributed by atoms with van der Waals surface area (Å²) >= 11 is 1.47. The Morgan fingerprint density at radius 1 is 1.33 bits per heavy atom. The number of fused-ring (bicyclic) bond motifs is 1. The van der Waals surface area contributed by atoms with E-state index < -0.39 is 5.97 Å². The number of esters is 1. The van der Waals surface area contributed by atoms with Crippen molar-refractivity contribution in [1.29, 1.82) is 0 Å². The number of carbonyl (C=O) groups is 1. The Hall–Kier alpha value is -2.66. The number of benzene rings is 1. The summed E-state index contributed by atoms with van der Waals surface area (Å²) in [6, 6.07) is 9.89. The van der Waals surface area contributed by atoms with Crippen molar-refractivity contribution in [3.05, 3.63) is 54.6 Å². The Bertz CT molecular complexity index is 825. The Kier molecular flexibility index (Phi) is 3.41. The first-order valence-corrected chi connectivity index (χ1v) is 7.14. The molecule has 0 fully saturated rings. The summed E-state index contributed by atoms with van der Waals surface area (Å²) in [6.45, 7) is 3.39. The van der Waals surface area contributed by atoms with Crippen LogP contribution in [0.25, 0.3) is 21.2 Å². The minimum Gasteiger partial charge on any atom is -0.420 e. The number of carbonyl (C=O) groups excluding carboxylic acids is 1. The van der Waals surface area contributed by atoms with Gasteiger partial charge in [0, 0.05) is 22.4 Å². The summed E-state index contributed by atoms with van der Waals surface area (Å²) in [5.41, 5.74) is 8.04. The van der Waals surface area contributed by atoms with Crippen LogP contribution in [0.3, 0.4) is 0 Å². The van der Waals surface area contributed by atoms with Gasteiger partial charge in [-0.05, 0) is 5.56 Å². The van der Waals surface area contributed by atoms with E-state index in [9.17, 15) is 4.79 Å². The Morgan fingerprint density at radius 2 is 2.10 bits per heavy atom. The molecule has 0 aliphatic carbocycles. The molecule has 0 bridgehead atoms. The van der Waals surface area contributed by atoms with Crippen LogP contribution in [-0.4, -0.2) is 11.0 Å². The highest BCUT2D eigenvalue weighted by atomic mass is 32.1. The summed E-state index contributed by atoms with van der Waals surface area (Å²) in [6.07, 6.45) is 2.58. The van der Waals surface area contributed by atoms with Gasteiger partial charge in [-0.25, -0.2) is 9.78 Å². The lowest BCUT2D eigenvalue weighted by molar-refractivity contribution is -0.128. The SMILES string of the molecule is C=CC(=O)Oc1cnc(N)c2c(-c3ccccc3)csc12. The fraction of sp³-hybridized carbons (Fsp3) is 0. The standard InChI is InChI=1S/C16H12N2O2S/c1-2-13(19)20-12-8-18-16(17)14-11(9-21-15(12)14)10-6-4-3-5-7-10/h2-9H,1H2,(H2,17,18). The number of aromatic nitrogens is 1. The molecular weight excluding hydrogens is 284 g/mol. The maximum absolute atomic E-state index is 11.4. The predicted molar refractivity (Wildman–Crippen MR) is 85.3 cm³/mol. The zero-order valence-electron chi connectivity index (χ0n) is 11.1. The maximum atomic E-state index is 11.4. The van der Waals surface area contributed by atoms with Gasteiger partial charge >= 0.3 is 5.97 Å². The van der Waals surface area contributed by atoms with Crippen LogP contribution < -0.4 is 10.5 Å². The highest BCUT2D eigenvalue weighted by Gasteiger charge is 2.15. The van der Waals surface area contributed by atoms with Gasteiger partial charge in [-0.2, -0.15) is 0 Å². The van der Waals surface area contributed by atoms with Crippen molar-refractivity contribution < 1.29 is 9.53 Å². The van der Waals surface area contributed by atoms with Crippen molar-refractivity contribution in [1.82, 2.24) is 4.98 Å². The second-order valence-corrected chi connectivity index (χ2v) is 5.23. The van der Waals surface area contributed by atoms with E-state index in [0.717, 1.165) is 27.3 Å². The highest BCUT2D eigenvalue weighted by Crippen LogP contribution is 2.41. The maximum Gasteiger partial charge on any atom is 0.335 e. The van der Waals surface area contributed by atoms with Crippen LogP contribution in [0.4, 0.5) is 5.82 Å². The highest BCUT2D eigenvalue weighted by molar-refractivity contribution is 7.18. The normalized spacial score (nSPS) is 10.5. The first-order chi connectivity index (χ1) is 10.2. The fourth-order valence-electron chi connectivity index (χ4n) is 2.10. The Morgan fingerprint density at radius 3 is 2.81 bits per heavy atom. The van der Waals surface area contributed by atoms with Crippen molar-refractivity contribution in [3.8, 4) is 16.9 Å². The van der Waals surface area contributed by atoms with Crippen LogP contribution in [-0.2, 0) is 4.79 Å². The van der Waals surface area contributed by atoms with E-state index in [-0.39, 0.29) is 0 Å². The van der Waals surface area contributed by atoms with Crippen molar-refractivity contribution >= 4 is 33.2 Å². The molecule has 3 aromatic rings. The zero-order chi connectivity index (χ0) is 14.8. The molecule has 0 aliphatic heterocycles. The van der Waals surface area contributed by atoms with E-state index >= 15 is 0 Å². The minimum absolute atomic E-state index is 0.399. The third-order valence-corrected chi connectivity index (χ3v) is 4.05. The molecule has 2 heterocycles. The number of pyridine rings is 1. The van der Waals surface area contributed by atoms with Gasteiger partial charge in [0.1, 0.15) is 5.82 Å². The van der Waals surface area contributed by atoms with Gasteiger partial charge in [-0.1, -0.05) is 36.9 Å². The first kappa shape index (κ1) is 13.3. The monoisotopic (exact) mass is 296 g/mol. The number of rotatable bonds is 3. The zero-order valence-corrected chi connectivity index (χ0v) is 11.9. The molecule has 0 spiro atoms. The number of nitrogens with zero attached hydrogens (tertiary/aromatic N) is 1. The number of nitrogens with two attached hydrogens (primary N) is 1. The molecule has 0 unspecified atom stereocenters. The molecule has 5 heteroatoms. The molecule has 2 aromatic heterocycles. The lowest BCUT2D eigenvalue weighted by atomic mass is 10.1. The smallest absolute Gasteiger partial charge is 0.335 e. The average molecular weight is 296 g/mol. The molecule has 21 heavy (non-hydrogen) atoms. The first-order valence-electron chi connectivity index (χ1n) is 6.26. The molecule has 104 valence electrons. The van der Waals surface area contributed by atoms with E-state index in [1.54, 1.807) is 0 Å². The molecule has 2 N–H and O–H groups in total. The summed E-state index contributed by atoms with van der Waals surface area (Å²) in [4.78, 5) is 15.5. The molecule has 0 saturated carbocycles. The topological polar surface area (TPSA) is 65.2 Å². The summed E-state index contributed by atoms with van der Waals surface area (Å²) < 4.78 is 6.02. The van der Waals surface area contributed by atoms with Crippen molar-refractivity contribution in [3.63, 3.8) is 0 Å². The van der Waals surface area contributed by atoms with Gasteiger partial charge in [0.05, 0.1) is 10.9 Å². The van der Waals surface area contributed by atoms with E-state index in [2.05, 4.69) is 11.6 Å². The lowest BCUT2D eigenvalue weighted by Gasteiger charge is -2.06. The second kappa shape index (κ2) is 5.38. The van der Waals surface area contributed by atoms with E-state index in [1.165, 1.54) is 17.5 Å². The average Bonchev–Trinajstić information content (AvgIpc) is 2.97. The van der Waals surface area contributed by atoms with Crippen LogP contribution in [0.5, 0.6) is 5.75 Å². The van der Waals surface area contributed by atoms with E-state index in [4.69, 9.17) is 10.5 Å². The van der Waals surface area contributed by atoms with Crippen LogP contribution in [0.1, 0.15) is 0 Å². The van der Waals surface area contributed by atoms with Gasteiger partial charge in [0.2, 0.25) is 0 Å². The third-order valence-electron chi connectivity index (χ3n) is 3.05. The Balaban J connectivity index is 2.20. The van der Waals surface area contributed by atoms with Gasteiger partial charge in [0.25, 0.3) is 0 Å². The van der Waals surface area contributed by atoms with Gasteiger partial charge in [0.15, 0.2) is 5.75 Å². The van der Waals surface area contributed by atoms with Crippen molar-refractivity contribution in [2.75, 3.05) is 5.73 Å². The molecule has 0 saturated heterocycles. The van der Waals surface area contributed by atoms with Crippen LogP contribution >= 0.6 is 11.3 Å². The van der Waals surface area contributed by atoms with Crippen LogP contribution in [0.15, 0.2) is 54.6 Å². The summed E-state index contributed by atoms with van der Waals surface area (Å²) in [5.74, 6) is 0.303. The third kappa shape index (κ3) is 2.39. The largest absolute Gasteiger partial charge is 0.420 e. The minimum atomic E-state index is -0.516. The quantitative estimate of drug-likeness (QED) is 0.592. The molecule has 0 atom stereocenters. The number of hydrogen-bond donors (Lipinski definition) is 1. The predicted octanol–water partition coefficient (Wildman–Crippen LogP) is 3.64. The van der Waals surface area contributed by atoms with Crippen LogP contribution in [0.2, 0.25) is 0 Å². The molecular formula is C16H12N2O2S. The van der Waals surface area contributed by atoms with E-state index in [1.807, 2.05) is 35.7 Å². The number of anilines is 1. The number of nitrogen functional groups attached to an aromatic ring is 1. The molecule has 3 rings (SSSR count). The molecule has 1 aromatic carbocycles. The molecule has 0 aliphatic rings. The Labute approximate surface area is 125 Å². The number of hydrogen-bond acceptors (Lipinski definition) is 5. The molecule has 0 amide bonds. The van der Waals surface area contributed by atoms with Gasteiger partial charge < -0.3 is 10.5 Å². The van der Waals surface area contributed by atoms with Crippen molar-refractivity contribution in [2.45, 2.75) is 0 Å². The van der Waals surface area contributed by atoms with E-state index in [0.29, 0.717) is 11.6 Å². The fourth-order valence-corrected chi connectivity index (χ4v) is 3.13. The molecule has 4 nitrogen and oxygen atoms in total. The van der Waals surface area contributed by atoms with Crippen molar-refractivity contribution in [2.24, 2.45) is 0 Å². The summed E-state index contributed by atoms with van der Waals surface area (Å²) in [5, 5.41) is 2.80. The van der Waals surface area contributed by atoms with Crippen LogP contribution in [0, 0.1) is 0 Å². The number of thiophene rings is 1. The summed E-state index contributed by atoms with van der Waals surface area (Å²) in [7, 11) is 0. The lowest BCUT2D eigenvalue weighted by Crippen LogP contribution is -2.04. The van der Waals surface area contributed by atoms with Gasteiger partial charge in [-0.15, -0.1) is 11.3 Å².